The molecule has 0 spiro atoms. The summed E-state index contributed by atoms with van der Waals surface area (Å²) in [6.45, 7) is 4.93. The van der Waals surface area contributed by atoms with E-state index in [9.17, 15) is 28.8 Å². The summed E-state index contributed by atoms with van der Waals surface area (Å²) < 4.78 is 0. The third kappa shape index (κ3) is 5.20. The Morgan fingerprint density at radius 1 is 0.591 bits per heavy atom. The van der Waals surface area contributed by atoms with Crippen molar-refractivity contribution in [3.8, 4) is 0 Å². The lowest BCUT2D eigenvalue weighted by atomic mass is 9.93. The van der Waals surface area contributed by atoms with Crippen molar-refractivity contribution < 1.29 is 28.8 Å². The summed E-state index contributed by atoms with van der Waals surface area (Å²) in [6.07, 6.45) is 0. The second-order valence-corrected chi connectivity index (χ2v) is 9.88. The van der Waals surface area contributed by atoms with Crippen molar-refractivity contribution in [1.29, 1.82) is 0 Å². The molecule has 5 rings (SSSR count). The molecule has 0 unspecified atom stereocenters. The van der Waals surface area contributed by atoms with E-state index in [-0.39, 0.29) is 22.5 Å². The molecule has 222 valence electrons. The Morgan fingerprint density at radius 2 is 1.05 bits per heavy atom. The van der Waals surface area contributed by atoms with Crippen LogP contribution in [-0.2, 0) is 19.2 Å². The zero-order valence-corrected chi connectivity index (χ0v) is 24.1. The molecule has 2 aliphatic heterocycles. The molecule has 2 heterocycles. The molecular weight excluding hydrogens is 564 g/mol. The van der Waals surface area contributed by atoms with E-state index in [2.05, 4.69) is 21.7 Å². The highest BCUT2D eigenvalue weighted by molar-refractivity contribution is 6.37. The van der Waals surface area contributed by atoms with E-state index in [4.69, 9.17) is 0 Å². The summed E-state index contributed by atoms with van der Waals surface area (Å²) in [7, 11) is 0. The molecule has 0 fully saturated rings. The highest BCUT2D eigenvalue weighted by atomic mass is 16.2. The predicted molar refractivity (Wildman–Crippen MR) is 161 cm³/mol. The maximum atomic E-state index is 13.6. The maximum Gasteiger partial charge on any atom is 0.329 e. The number of fused-ring (bicyclic) bond motifs is 2. The van der Waals surface area contributed by atoms with Gasteiger partial charge in [-0.15, -0.1) is 0 Å². The molecule has 12 nitrogen and oxygen atoms in total. The van der Waals surface area contributed by atoms with Crippen molar-refractivity contribution in [3.63, 3.8) is 0 Å². The zero-order chi connectivity index (χ0) is 31.5. The first-order chi connectivity index (χ1) is 21.1. The quantitative estimate of drug-likeness (QED) is 0.147. The number of benzene rings is 3. The third-order valence-corrected chi connectivity index (χ3v) is 7.17. The van der Waals surface area contributed by atoms with Crippen LogP contribution in [0.1, 0.15) is 41.5 Å². The monoisotopic (exact) mass is 592 g/mol. The van der Waals surface area contributed by atoms with Gasteiger partial charge in [-0.2, -0.15) is 0 Å². The number of carbonyl (C=O) groups excluding carboxylic acids is 6. The Morgan fingerprint density at radius 3 is 1.59 bits per heavy atom. The van der Waals surface area contributed by atoms with Crippen molar-refractivity contribution in [3.05, 3.63) is 113 Å². The van der Waals surface area contributed by atoms with E-state index < -0.39 is 35.2 Å². The minimum absolute atomic E-state index is 0.0135. The van der Waals surface area contributed by atoms with Gasteiger partial charge in [0.25, 0.3) is 11.8 Å². The summed E-state index contributed by atoms with van der Waals surface area (Å²) in [6, 6.07) is 22.2. The third-order valence-electron chi connectivity index (χ3n) is 7.17. The van der Waals surface area contributed by atoms with E-state index >= 15 is 0 Å². The fourth-order valence-electron chi connectivity index (χ4n) is 5.04. The second kappa shape index (κ2) is 12.1. The Labute approximate surface area is 252 Å². The molecule has 3 aromatic rings. The highest BCUT2D eigenvalue weighted by Crippen LogP contribution is 2.36. The van der Waals surface area contributed by atoms with Crippen molar-refractivity contribution in [2.75, 3.05) is 16.3 Å². The van der Waals surface area contributed by atoms with Crippen LogP contribution in [0.3, 0.4) is 0 Å². The largest absolute Gasteiger partial charge is 0.329 e. The smallest absolute Gasteiger partial charge is 0.308 e. The molecule has 0 aliphatic carbocycles. The van der Waals surface area contributed by atoms with Gasteiger partial charge in [-0.1, -0.05) is 42.5 Å². The standard InChI is InChI=1S/C32H28N6O6/c1-4-37-23-16-10-8-14-21(23)27(39)25(31(37)43)18(2)33-35-29(41)30(42)36-34-19(3)26-28(40)22-15-9-11-17-24(22)38(32(26)44)20-12-6-5-7-13-20/h5-17,33-34H,4H2,1-3H3,(H,35,41)(H,36,42)/b25-18-,26-19-. The van der Waals surface area contributed by atoms with E-state index in [1.165, 1.54) is 23.6 Å². The number of Topliss-reactive ketones (excluding diaryl/α,β-unsaturated/α-hetero) is 2. The summed E-state index contributed by atoms with van der Waals surface area (Å²) in [4.78, 5) is 81.0. The lowest BCUT2D eigenvalue weighted by Crippen LogP contribution is -2.50. The second-order valence-electron chi connectivity index (χ2n) is 9.88. The van der Waals surface area contributed by atoms with Crippen molar-refractivity contribution in [1.82, 2.24) is 21.7 Å². The van der Waals surface area contributed by atoms with Crippen LogP contribution < -0.4 is 31.5 Å². The summed E-state index contributed by atoms with van der Waals surface area (Å²) in [5.41, 5.74) is 11.0. The number of amides is 4. The lowest BCUT2D eigenvalue weighted by molar-refractivity contribution is -0.140. The molecule has 3 aromatic carbocycles. The molecular formula is C32H28N6O6. The number of allylic oxidation sites excluding steroid dienone is 2. The maximum absolute atomic E-state index is 13.6. The van der Waals surface area contributed by atoms with E-state index in [1.54, 1.807) is 85.8 Å². The molecule has 0 saturated heterocycles. The van der Waals surface area contributed by atoms with Gasteiger partial charge in [0.05, 0.1) is 11.4 Å². The summed E-state index contributed by atoms with van der Waals surface area (Å²) >= 11 is 0. The lowest BCUT2D eigenvalue weighted by Gasteiger charge is -2.31. The van der Waals surface area contributed by atoms with Crippen LogP contribution in [0.2, 0.25) is 0 Å². The molecule has 0 radical (unpaired) electrons. The normalized spacial score (nSPS) is 16.5. The van der Waals surface area contributed by atoms with Crippen LogP contribution in [0.5, 0.6) is 0 Å². The van der Waals surface area contributed by atoms with E-state index in [1.807, 2.05) is 0 Å². The molecule has 44 heavy (non-hydrogen) atoms. The van der Waals surface area contributed by atoms with Crippen LogP contribution >= 0.6 is 0 Å². The van der Waals surface area contributed by atoms with Crippen molar-refractivity contribution >= 4 is 52.3 Å². The van der Waals surface area contributed by atoms with Crippen molar-refractivity contribution in [2.45, 2.75) is 20.8 Å². The zero-order valence-electron chi connectivity index (χ0n) is 24.1. The number of likely N-dealkylation sites (N-methyl/N-ethyl adjacent to an activating group) is 1. The van der Waals surface area contributed by atoms with Gasteiger partial charge in [-0.05, 0) is 57.2 Å². The highest BCUT2D eigenvalue weighted by Gasteiger charge is 2.38. The van der Waals surface area contributed by atoms with Crippen LogP contribution in [0.25, 0.3) is 0 Å². The molecule has 0 bridgehead atoms. The van der Waals surface area contributed by atoms with Gasteiger partial charge in [0.2, 0.25) is 11.6 Å². The number of anilines is 3. The Hall–Kier alpha value is -6.04. The van der Waals surface area contributed by atoms with Crippen LogP contribution in [0.15, 0.2) is 101 Å². The summed E-state index contributed by atoms with van der Waals surface area (Å²) in [5.74, 6) is -4.57. The number of ketones is 2. The minimum atomic E-state index is -1.17. The average Bonchev–Trinajstić information content (AvgIpc) is 3.03. The van der Waals surface area contributed by atoms with Gasteiger partial charge < -0.3 is 15.8 Å². The number of para-hydroxylation sites is 3. The molecule has 0 atom stereocenters. The van der Waals surface area contributed by atoms with Crippen LogP contribution in [0.4, 0.5) is 17.1 Å². The van der Waals surface area contributed by atoms with Gasteiger partial charge in [-0.3, -0.25) is 44.5 Å². The Bertz CT molecular complexity index is 1800. The topological polar surface area (TPSA) is 157 Å². The minimum Gasteiger partial charge on any atom is -0.308 e. The number of nitrogens with one attached hydrogen (secondary N) is 4. The van der Waals surface area contributed by atoms with Gasteiger partial charge in [0.15, 0.2) is 0 Å². The molecule has 0 aromatic heterocycles. The predicted octanol–water partition coefficient (Wildman–Crippen LogP) is 2.59. The Kier molecular flexibility index (Phi) is 8.07. The van der Waals surface area contributed by atoms with Crippen molar-refractivity contribution in [2.24, 2.45) is 0 Å². The SMILES string of the molecule is CCN1C(=O)/C(=C(/C)NNC(=O)C(=O)NN/C(C)=C2/C(=O)c3ccccc3N(c3ccccc3)C2=O)C(=O)c2ccccc21. The summed E-state index contributed by atoms with van der Waals surface area (Å²) in [5, 5.41) is 0. The molecule has 12 heteroatoms. The van der Waals surface area contributed by atoms with Crippen LogP contribution in [-0.4, -0.2) is 41.7 Å². The van der Waals surface area contributed by atoms with Gasteiger partial charge in [0, 0.05) is 34.8 Å². The molecule has 2 aliphatic rings. The first kappa shape index (κ1) is 29.5. The van der Waals surface area contributed by atoms with Gasteiger partial charge in [0.1, 0.15) is 11.1 Å². The number of hydrazine groups is 2. The van der Waals surface area contributed by atoms with Gasteiger partial charge >= 0.3 is 11.8 Å². The fraction of sp³-hybridized carbons (Fsp3) is 0.125. The fourth-order valence-corrected chi connectivity index (χ4v) is 5.04. The first-order valence-corrected chi connectivity index (χ1v) is 13.7. The molecule has 0 saturated carbocycles. The number of hydrogen-bond acceptors (Lipinski definition) is 8. The average molecular weight is 593 g/mol. The Balaban J connectivity index is 1.30. The first-order valence-electron chi connectivity index (χ1n) is 13.7. The van der Waals surface area contributed by atoms with E-state index in [0.29, 0.717) is 34.7 Å². The number of carbonyl (C=O) groups is 6. The number of nitrogens with zero attached hydrogens (tertiary/aromatic N) is 2. The van der Waals surface area contributed by atoms with E-state index in [0.717, 1.165) is 0 Å². The number of hydrogen-bond donors (Lipinski definition) is 4. The number of rotatable bonds is 6. The van der Waals surface area contributed by atoms with Gasteiger partial charge in [-0.25, -0.2) is 0 Å². The molecule has 4 amide bonds. The van der Waals surface area contributed by atoms with Crippen LogP contribution in [0, 0.1) is 0 Å². The molecule has 4 N–H and O–H groups in total.